The second-order valence-corrected chi connectivity index (χ2v) is 5.21. The van der Waals surface area contributed by atoms with Gasteiger partial charge in [0.15, 0.2) is 5.16 Å². The van der Waals surface area contributed by atoms with Crippen LogP contribution in [0.25, 0.3) is 0 Å². The summed E-state index contributed by atoms with van der Waals surface area (Å²) < 4.78 is 3.92. The average Bonchev–Trinajstić information content (AvgIpc) is 2.92. The van der Waals surface area contributed by atoms with Crippen LogP contribution in [0, 0.1) is 6.92 Å². The lowest BCUT2D eigenvalue weighted by atomic mass is 10.4. The van der Waals surface area contributed by atoms with Crippen molar-refractivity contribution in [2.45, 2.75) is 31.6 Å². The Hall–Kier alpha value is -1.05. The van der Waals surface area contributed by atoms with E-state index in [1.54, 1.807) is 11.8 Å². The third-order valence-electron chi connectivity index (χ3n) is 2.63. The molecule has 0 aliphatic heterocycles. The first kappa shape index (κ1) is 16.0. The van der Waals surface area contributed by atoms with E-state index in [-0.39, 0.29) is 12.4 Å². The van der Waals surface area contributed by atoms with Gasteiger partial charge in [0.05, 0.1) is 12.7 Å². The van der Waals surface area contributed by atoms with Crippen LogP contribution in [0.3, 0.4) is 0 Å². The van der Waals surface area contributed by atoms with Gasteiger partial charge >= 0.3 is 0 Å². The van der Waals surface area contributed by atoms with Gasteiger partial charge in [-0.3, -0.25) is 4.68 Å². The summed E-state index contributed by atoms with van der Waals surface area (Å²) in [5.74, 6) is 1.82. The SMILES string of the molecule is Cc1cnn(CCCSc2nnc(CN)n2C)c1.Cl. The average molecular weight is 303 g/mol. The zero-order valence-electron chi connectivity index (χ0n) is 11.1. The fraction of sp³-hybridized carbons (Fsp3) is 0.545. The zero-order chi connectivity index (χ0) is 13.0. The fourth-order valence-corrected chi connectivity index (χ4v) is 2.48. The molecule has 2 rings (SSSR count). The minimum absolute atomic E-state index is 0. The molecule has 0 saturated carbocycles. The summed E-state index contributed by atoms with van der Waals surface area (Å²) in [4.78, 5) is 0. The van der Waals surface area contributed by atoms with E-state index in [0.29, 0.717) is 6.54 Å². The topological polar surface area (TPSA) is 74.6 Å². The molecule has 0 atom stereocenters. The van der Waals surface area contributed by atoms with Crippen molar-refractivity contribution in [2.24, 2.45) is 12.8 Å². The molecule has 0 aliphatic rings. The summed E-state index contributed by atoms with van der Waals surface area (Å²) in [7, 11) is 1.95. The van der Waals surface area contributed by atoms with E-state index in [0.717, 1.165) is 29.7 Å². The van der Waals surface area contributed by atoms with Crippen molar-refractivity contribution in [2.75, 3.05) is 5.75 Å². The Kier molecular flexibility index (Phi) is 6.33. The molecule has 0 aliphatic carbocycles. The molecule has 2 N–H and O–H groups in total. The number of aryl methyl sites for hydroxylation is 2. The zero-order valence-corrected chi connectivity index (χ0v) is 12.7. The second-order valence-electron chi connectivity index (χ2n) is 4.14. The third-order valence-corrected chi connectivity index (χ3v) is 3.74. The van der Waals surface area contributed by atoms with Crippen LogP contribution in [0.5, 0.6) is 0 Å². The maximum atomic E-state index is 5.55. The van der Waals surface area contributed by atoms with Crippen molar-refractivity contribution < 1.29 is 0 Å². The van der Waals surface area contributed by atoms with Crippen LogP contribution >= 0.6 is 24.2 Å². The second kappa shape index (κ2) is 7.52. The highest BCUT2D eigenvalue weighted by Crippen LogP contribution is 2.16. The number of thioether (sulfide) groups is 1. The van der Waals surface area contributed by atoms with E-state index in [9.17, 15) is 0 Å². The third kappa shape index (κ3) is 4.22. The van der Waals surface area contributed by atoms with Gasteiger partial charge < -0.3 is 10.3 Å². The highest BCUT2D eigenvalue weighted by Gasteiger charge is 2.07. The van der Waals surface area contributed by atoms with E-state index in [1.807, 2.05) is 29.4 Å². The van der Waals surface area contributed by atoms with Crippen LogP contribution < -0.4 is 5.73 Å². The molecule has 0 bridgehead atoms. The predicted octanol–water partition coefficient (Wildman–Crippen LogP) is 1.38. The van der Waals surface area contributed by atoms with Gasteiger partial charge in [-0.1, -0.05) is 11.8 Å². The highest BCUT2D eigenvalue weighted by atomic mass is 35.5. The van der Waals surface area contributed by atoms with Gasteiger partial charge in [-0.15, -0.1) is 22.6 Å². The number of aromatic nitrogens is 5. The summed E-state index contributed by atoms with van der Waals surface area (Å²) >= 11 is 1.70. The molecule has 0 aromatic carbocycles. The van der Waals surface area contributed by atoms with Gasteiger partial charge in [-0.25, -0.2) is 0 Å². The normalized spacial score (nSPS) is 10.5. The maximum Gasteiger partial charge on any atom is 0.190 e. The monoisotopic (exact) mass is 302 g/mol. The molecule has 0 fully saturated rings. The predicted molar refractivity (Wildman–Crippen MR) is 78.4 cm³/mol. The van der Waals surface area contributed by atoms with Gasteiger partial charge in [0.1, 0.15) is 5.82 Å². The smallest absolute Gasteiger partial charge is 0.190 e. The first-order valence-electron chi connectivity index (χ1n) is 5.91. The van der Waals surface area contributed by atoms with E-state index in [4.69, 9.17) is 5.73 Å². The fourth-order valence-electron chi connectivity index (χ4n) is 1.63. The van der Waals surface area contributed by atoms with Gasteiger partial charge in [-0.05, 0) is 18.9 Å². The van der Waals surface area contributed by atoms with Crippen LogP contribution in [-0.2, 0) is 20.1 Å². The molecule has 6 nitrogen and oxygen atoms in total. The van der Waals surface area contributed by atoms with E-state index < -0.39 is 0 Å². The molecule has 0 unspecified atom stereocenters. The van der Waals surface area contributed by atoms with Crippen molar-refractivity contribution in [1.82, 2.24) is 24.5 Å². The highest BCUT2D eigenvalue weighted by molar-refractivity contribution is 7.99. The van der Waals surface area contributed by atoms with Crippen LogP contribution in [0.4, 0.5) is 0 Å². The molecular formula is C11H19ClN6S. The largest absolute Gasteiger partial charge is 0.324 e. The Labute approximate surface area is 123 Å². The number of nitrogens with two attached hydrogens (primary N) is 1. The summed E-state index contributed by atoms with van der Waals surface area (Å²) in [6, 6.07) is 0. The Morgan fingerprint density at radius 1 is 1.37 bits per heavy atom. The molecule has 2 heterocycles. The van der Waals surface area contributed by atoms with Crippen molar-refractivity contribution in [3.8, 4) is 0 Å². The van der Waals surface area contributed by atoms with Crippen molar-refractivity contribution in [3.63, 3.8) is 0 Å². The quantitative estimate of drug-likeness (QED) is 0.644. The summed E-state index contributed by atoms with van der Waals surface area (Å²) in [6.45, 7) is 3.41. The molecule has 0 saturated heterocycles. The molecular weight excluding hydrogens is 284 g/mol. The number of halogens is 1. The maximum absolute atomic E-state index is 5.55. The van der Waals surface area contributed by atoms with Crippen molar-refractivity contribution >= 4 is 24.2 Å². The lowest BCUT2D eigenvalue weighted by molar-refractivity contribution is 0.605. The first-order valence-corrected chi connectivity index (χ1v) is 6.89. The minimum Gasteiger partial charge on any atom is -0.324 e. The van der Waals surface area contributed by atoms with Gasteiger partial charge in [0.2, 0.25) is 0 Å². The lowest BCUT2D eigenvalue weighted by Crippen LogP contribution is -2.05. The summed E-state index contributed by atoms with van der Waals surface area (Å²) in [5, 5.41) is 13.3. The molecule has 0 spiro atoms. The van der Waals surface area contributed by atoms with Crippen molar-refractivity contribution in [1.29, 1.82) is 0 Å². The Bertz CT molecular complexity index is 509. The molecule has 0 radical (unpaired) electrons. The van der Waals surface area contributed by atoms with Gasteiger partial charge in [0.25, 0.3) is 0 Å². The van der Waals surface area contributed by atoms with E-state index in [1.165, 1.54) is 5.56 Å². The number of hydrogen-bond acceptors (Lipinski definition) is 5. The molecule has 106 valence electrons. The van der Waals surface area contributed by atoms with Crippen molar-refractivity contribution in [3.05, 3.63) is 23.8 Å². The molecule has 8 heteroatoms. The van der Waals surface area contributed by atoms with Gasteiger partial charge in [0, 0.05) is 25.5 Å². The summed E-state index contributed by atoms with van der Waals surface area (Å²) in [6.07, 6.45) is 4.99. The van der Waals surface area contributed by atoms with Crippen LogP contribution in [0.15, 0.2) is 17.6 Å². The molecule has 2 aromatic heterocycles. The first-order chi connectivity index (χ1) is 8.70. The van der Waals surface area contributed by atoms with Crippen LogP contribution in [0.1, 0.15) is 17.8 Å². The molecule has 2 aromatic rings. The van der Waals surface area contributed by atoms with E-state index >= 15 is 0 Å². The lowest BCUT2D eigenvalue weighted by Gasteiger charge is -2.03. The summed E-state index contributed by atoms with van der Waals surface area (Å²) in [5.41, 5.74) is 6.75. The van der Waals surface area contributed by atoms with E-state index in [2.05, 4.69) is 21.5 Å². The van der Waals surface area contributed by atoms with Gasteiger partial charge in [-0.2, -0.15) is 5.10 Å². The minimum atomic E-state index is 0. The standard InChI is InChI=1S/C11H18N6S.ClH/c1-9-7-13-17(8-9)4-3-5-18-11-15-14-10(6-12)16(11)2;/h7-8H,3-6,12H2,1-2H3;1H. The Balaban J connectivity index is 0.00000180. The number of rotatable bonds is 6. The Morgan fingerprint density at radius 2 is 2.16 bits per heavy atom. The van der Waals surface area contributed by atoms with Crippen LogP contribution in [0.2, 0.25) is 0 Å². The Morgan fingerprint density at radius 3 is 2.74 bits per heavy atom. The molecule has 19 heavy (non-hydrogen) atoms. The number of hydrogen-bond donors (Lipinski definition) is 1. The molecule has 0 amide bonds. The number of nitrogens with zero attached hydrogens (tertiary/aromatic N) is 5. The van der Waals surface area contributed by atoms with Crippen LogP contribution in [-0.4, -0.2) is 30.3 Å².